The highest BCUT2D eigenvalue weighted by Gasteiger charge is 2.26. The molecule has 0 saturated carbocycles. The van der Waals surface area contributed by atoms with Crippen LogP contribution in [-0.2, 0) is 16.1 Å². The normalized spacial score (nSPS) is 14.1. The number of carboxylic acids is 1. The predicted octanol–water partition coefficient (Wildman–Crippen LogP) is 2.86. The Bertz CT molecular complexity index is 866. The molecule has 1 saturated heterocycles. The third kappa shape index (κ3) is 6.59. The van der Waals surface area contributed by atoms with E-state index >= 15 is 0 Å². The van der Waals surface area contributed by atoms with Gasteiger partial charge in [0.15, 0.2) is 0 Å². The Labute approximate surface area is 178 Å². The SMILES string of the molecule is C#C.CC.N#Cc1ccc(N)c(C(C(=O)O)c2ccc(CN3CCOCC3)cn2)c1. The Kier molecular flexibility index (Phi) is 10.6. The number of terminal acetylenes is 1. The largest absolute Gasteiger partial charge is 0.480 e. The Morgan fingerprint density at radius 2 is 1.97 bits per heavy atom. The van der Waals surface area contributed by atoms with Crippen molar-refractivity contribution in [3.63, 3.8) is 0 Å². The van der Waals surface area contributed by atoms with Crippen LogP contribution in [0.5, 0.6) is 0 Å². The number of carbonyl (C=O) groups is 1. The van der Waals surface area contributed by atoms with Gasteiger partial charge in [0.05, 0.1) is 30.5 Å². The van der Waals surface area contributed by atoms with Gasteiger partial charge in [-0.1, -0.05) is 19.9 Å². The molecule has 2 heterocycles. The second-order valence-electron chi connectivity index (χ2n) is 6.21. The van der Waals surface area contributed by atoms with E-state index in [0.29, 0.717) is 22.5 Å². The summed E-state index contributed by atoms with van der Waals surface area (Å²) in [5.41, 5.74) is 8.43. The third-order valence-electron chi connectivity index (χ3n) is 4.43. The molecular weight excluding hydrogens is 380 g/mol. The first-order chi connectivity index (χ1) is 14.6. The number of anilines is 1. The first-order valence-electron chi connectivity index (χ1n) is 9.69. The molecule has 0 aliphatic carbocycles. The summed E-state index contributed by atoms with van der Waals surface area (Å²) in [6.45, 7) is 7.94. The van der Waals surface area contributed by atoms with E-state index in [1.54, 1.807) is 24.4 Å². The molecule has 1 aliphatic rings. The van der Waals surface area contributed by atoms with E-state index in [1.165, 1.54) is 6.07 Å². The molecule has 0 amide bonds. The zero-order valence-corrected chi connectivity index (χ0v) is 17.4. The van der Waals surface area contributed by atoms with Crippen LogP contribution in [0.15, 0.2) is 36.5 Å². The second-order valence-corrected chi connectivity index (χ2v) is 6.21. The van der Waals surface area contributed by atoms with E-state index < -0.39 is 11.9 Å². The molecular formula is C23H28N4O3. The number of rotatable bonds is 5. The molecule has 1 aromatic heterocycles. The zero-order chi connectivity index (χ0) is 22.5. The van der Waals surface area contributed by atoms with Gasteiger partial charge in [-0.2, -0.15) is 5.26 Å². The molecule has 1 aliphatic heterocycles. The molecule has 1 atom stereocenters. The molecule has 30 heavy (non-hydrogen) atoms. The molecule has 3 N–H and O–H groups in total. The van der Waals surface area contributed by atoms with E-state index in [0.717, 1.165) is 38.4 Å². The fraction of sp³-hybridized carbons (Fsp3) is 0.348. The van der Waals surface area contributed by atoms with Crippen molar-refractivity contribution in [3.8, 4) is 18.9 Å². The highest BCUT2D eigenvalue weighted by molar-refractivity contribution is 5.82. The Balaban J connectivity index is 0.00000106. The van der Waals surface area contributed by atoms with Crippen molar-refractivity contribution >= 4 is 11.7 Å². The van der Waals surface area contributed by atoms with Gasteiger partial charge < -0.3 is 15.6 Å². The number of hydrogen-bond acceptors (Lipinski definition) is 6. The molecule has 0 radical (unpaired) electrons. The number of aliphatic carboxylic acids is 1. The topological polar surface area (TPSA) is 112 Å². The summed E-state index contributed by atoms with van der Waals surface area (Å²) in [7, 11) is 0. The van der Waals surface area contributed by atoms with Gasteiger partial charge in [0.2, 0.25) is 0 Å². The number of hydrogen-bond donors (Lipinski definition) is 2. The average molecular weight is 409 g/mol. The van der Waals surface area contributed by atoms with Crippen LogP contribution in [0.1, 0.15) is 42.1 Å². The monoisotopic (exact) mass is 408 g/mol. The molecule has 0 bridgehead atoms. The third-order valence-corrected chi connectivity index (χ3v) is 4.43. The van der Waals surface area contributed by atoms with Crippen molar-refractivity contribution in [2.45, 2.75) is 26.3 Å². The van der Waals surface area contributed by atoms with Crippen molar-refractivity contribution in [1.82, 2.24) is 9.88 Å². The lowest BCUT2D eigenvalue weighted by molar-refractivity contribution is -0.137. The van der Waals surface area contributed by atoms with E-state index in [-0.39, 0.29) is 0 Å². The Morgan fingerprint density at radius 1 is 1.30 bits per heavy atom. The summed E-state index contributed by atoms with van der Waals surface area (Å²) < 4.78 is 5.34. The number of carboxylic acid groups (broad SMARTS) is 1. The average Bonchev–Trinajstić information content (AvgIpc) is 2.79. The summed E-state index contributed by atoms with van der Waals surface area (Å²) in [6, 6.07) is 10.2. The number of nitrogen functional groups attached to an aromatic ring is 1. The Morgan fingerprint density at radius 3 is 2.50 bits per heavy atom. The summed E-state index contributed by atoms with van der Waals surface area (Å²) in [5, 5.41) is 18.8. The van der Waals surface area contributed by atoms with Gasteiger partial charge in [-0.25, -0.2) is 0 Å². The quantitative estimate of drug-likeness (QED) is 0.578. The van der Waals surface area contributed by atoms with Gasteiger partial charge in [-0.3, -0.25) is 14.7 Å². The fourth-order valence-corrected chi connectivity index (χ4v) is 3.03. The Hall–Kier alpha value is -3.39. The summed E-state index contributed by atoms with van der Waals surface area (Å²) in [4.78, 5) is 18.5. The van der Waals surface area contributed by atoms with Crippen LogP contribution in [0.2, 0.25) is 0 Å². The molecule has 158 valence electrons. The minimum atomic E-state index is -1.06. The molecule has 7 heteroatoms. The lowest BCUT2D eigenvalue weighted by Crippen LogP contribution is -2.35. The summed E-state index contributed by atoms with van der Waals surface area (Å²) in [5.74, 6) is -2.07. The van der Waals surface area contributed by atoms with Gasteiger partial charge in [0, 0.05) is 31.5 Å². The van der Waals surface area contributed by atoms with Gasteiger partial charge >= 0.3 is 5.97 Å². The van der Waals surface area contributed by atoms with Crippen molar-refractivity contribution < 1.29 is 14.6 Å². The maximum Gasteiger partial charge on any atom is 0.317 e. The molecule has 1 aromatic carbocycles. The minimum Gasteiger partial charge on any atom is -0.480 e. The predicted molar refractivity (Wildman–Crippen MR) is 117 cm³/mol. The molecule has 1 fully saturated rings. The van der Waals surface area contributed by atoms with Gasteiger partial charge in [-0.15, -0.1) is 12.8 Å². The first kappa shape index (κ1) is 24.6. The highest BCUT2D eigenvalue weighted by atomic mass is 16.5. The molecule has 7 nitrogen and oxygen atoms in total. The smallest absolute Gasteiger partial charge is 0.317 e. The zero-order valence-electron chi connectivity index (χ0n) is 17.4. The molecule has 3 rings (SSSR count). The minimum absolute atomic E-state index is 0.329. The number of benzene rings is 1. The first-order valence-corrected chi connectivity index (χ1v) is 9.69. The maximum absolute atomic E-state index is 11.9. The number of morpholine rings is 1. The van der Waals surface area contributed by atoms with Gasteiger partial charge in [0.1, 0.15) is 5.92 Å². The van der Waals surface area contributed by atoms with Crippen LogP contribution in [0.25, 0.3) is 0 Å². The van der Waals surface area contributed by atoms with E-state index in [4.69, 9.17) is 15.7 Å². The fourth-order valence-electron chi connectivity index (χ4n) is 3.03. The maximum atomic E-state index is 11.9. The van der Waals surface area contributed by atoms with Crippen LogP contribution >= 0.6 is 0 Å². The summed E-state index contributed by atoms with van der Waals surface area (Å²) in [6.07, 6.45) is 9.70. The van der Waals surface area contributed by atoms with Gasteiger partial charge in [0.25, 0.3) is 0 Å². The lowest BCUT2D eigenvalue weighted by atomic mass is 9.92. The van der Waals surface area contributed by atoms with E-state index in [9.17, 15) is 9.90 Å². The van der Waals surface area contributed by atoms with Crippen LogP contribution in [-0.4, -0.2) is 47.3 Å². The highest BCUT2D eigenvalue weighted by Crippen LogP contribution is 2.29. The van der Waals surface area contributed by atoms with Crippen molar-refractivity contribution in [2.24, 2.45) is 0 Å². The van der Waals surface area contributed by atoms with Crippen molar-refractivity contribution in [2.75, 3.05) is 32.0 Å². The van der Waals surface area contributed by atoms with E-state index in [2.05, 4.69) is 22.7 Å². The number of aromatic nitrogens is 1. The van der Waals surface area contributed by atoms with Crippen molar-refractivity contribution in [1.29, 1.82) is 5.26 Å². The van der Waals surface area contributed by atoms with Crippen LogP contribution in [0.4, 0.5) is 5.69 Å². The summed E-state index contributed by atoms with van der Waals surface area (Å²) >= 11 is 0. The van der Waals surface area contributed by atoms with Crippen LogP contribution in [0, 0.1) is 24.2 Å². The number of nitriles is 1. The van der Waals surface area contributed by atoms with Gasteiger partial charge in [-0.05, 0) is 35.4 Å². The number of nitrogens with zero attached hydrogens (tertiary/aromatic N) is 3. The van der Waals surface area contributed by atoms with E-state index in [1.807, 2.05) is 26.0 Å². The molecule has 0 spiro atoms. The molecule has 1 unspecified atom stereocenters. The lowest BCUT2D eigenvalue weighted by Gasteiger charge is -2.26. The number of pyridine rings is 1. The number of nitrogens with two attached hydrogens (primary N) is 1. The number of ether oxygens (including phenoxy) is 1. The standard InChI is InChI=1S/C19H20N4O3.C2H6.C2H2/c20-10-13-1-3-16(21)15(9-13)18(19(24)25)17-4-2-14(11-22-17)12-23-5-7-26-8-6-23;2*1-2/h1-4,9,11,18H,5-8,12,21H2,(H,24,25);1-2H3;1-2H. The van der Waals surface area contributed by atoms with Crippen LogP contribution < -0.4 is 5.73 Å². The molecule has 2 aromatic rings. The van der Waals surface area contributed by atoms with Crippen molar-refractivity contribution in [3.05, 3.63) is 58.9 Å². The van der Waals surface area contributed by atoms with Crippen LogP contribution in [0.3, 0.4) is 0 Å². The second kappa shape index (κ2) is 12.9.